The number of rotatable bonds is 4. The number of hydrogen-bond donors (Lipinski definition) is 1. The maximum absolute atomic E-state index is 13.1. The fourth-order valence-corrected chi connectivity index (χ4v) is 5.11. The lowest BCUT2D eigenvalue weighted by molar-refractivity contribution is -0.330. The van der Waals surface area contributed by atoms with Crippen LogP contribution < -0.4 is 15.0 Å². The number of carboxylic acid groups (broad SMARTS) is 2. The highest BCUT2D eigenvalue weighted by Crippen LogP contribution is 2.32. The summed E-state index contributed by atoms with van der Waals surface area (Å²) in [6, 6.07) is 26.5. The van der Waals surface area contributed by atoms with Gasteiger partial charge in [0.1, 0.15) is 11.0 Å². The summed E-state index contributed by atoms with van der Waals surface area (Å²) in [4.78, 5) is 26.1. The minimum atomic E-state index is -4.32. The zero-order valence-corrected chi connectivity index (χ0v) is 22.3. The normalized spacial score (nSPS) is 14.0. The molecule has 0 amide bonds. The predicted octanol–water partition coefficient (Wildman–Crippen LogP) is 3.74. The van der Waals surface area contributed by atoms with Gasteiger partial charge in [-0.2, -0.15) is 13.2 Å². The van der Waals surface area contributed by atoms with Gasteiger partial charge in [0, 0.05) is 56.2 Å². The van der Waals surface area contributed by atoms with Crippen molar-refractivity contribution < 1.29 is 38.0 Å². The molecule has 3 aromatic carbocycles. The monoisotopic (exact) mass is 576 g/mol. The van der Waals surface area contributed by atoms with Crippen LogP contribution in [-0.4, -0.2) is 52.5 Å². The van der Waals surface area contributed by atoms with Gasteiger partial charge in [-0.3, -0.25) is 4.90 Å². The van der Waals surface area contributed by atoms with Crippen LogP contribution in [0.1, 0.15) is 11.1 Å². The van der Waals surface area contributed by atoms with Crippen molar-refractivity contribution in [3.8, 4) is 11.3 Å². The Morgan fingerprint density at radius 3 is 2.19 bits per heavy atom. The molecule has 0 atom stereocenters. The Kier molecular flexibility index (Phi) is 8.12. The molecular weight excluding hydrogens is 549 g/mol. The summed E-state index contributed by atoms with van der Waals surface area (Å²) < 4.78 is 41.6. The van der Waals surface area contributed by atoms with Crippen LogP contribution in [-0.2, 0) is 22.3 Å². The van der Waals surface area contributed by atoms with Gasteiger partial charge < -0.3 is 24.3 Å². The van der Waals surface area contributed by atoms with Gasteiger partial charge in [-0.05, 0) is 48.0 Å². The highest BCUT2D eigenvalue weighted by atomic mass is 19.4. The van der Waals surface area contributed by atoms with E-state index >= 15 is 0 Å². The van der Waals surface area contributed by atoms with Gasteiger partial charge >= 0.3 is 12.1 Å². The number of para-hydroxylation sites is 2. The number of alkyl halides is 3. The highest BCUT2D eigenvalue weighted by molar-refractivity contribution is 6.26. The molecule has 42 heavy (non-hydrogen) atoms. The van der Waals surface area contributed by atoms with E-state index in [4.69, 9.17) is 19.8 Å². The van der Waals surface area contributed by atoms with E-state index in [1.165, 1.54) is 17.7 Å². The quantitative estimate of drug-likeness (QED) is 0.327. The SMILES string of the molecule is FC(F)(F)c1cccc(N2CCN(Cc3cc4c(-c5ccccc5)[nH+]c5ccccc5n4c3)CC2)c1.O=C([O-])C(=O)O. The van der Waals surface area contributed by atoms with Crippen molar-refractivity contribution >= 4 is 34.2 Å². The van der Waals surface area contributed by atoms with E-state index in [1.807, 2.05) is 35.2 Å². The number of carbonyl (C=O) groups excluding carboxylic acids is 1. The number of carbonyl (C=O) groups is 2. The van der Waals surface area contributed by atoms with E-state index in [0.717, 1.165) is 53.5 Å². The number of H-pyrrole nitrogens is 1. The number of fused-ring (bicyclic) bond motifs is 3. The Morgan fingerprint density at radius 1 is 0.857 bits per heavy atom. The largest absolute Gasteiger partial charge is 0.539 e. The van der Waals surface area contributed by atoms with Gasteiger partial charge in [0.25, 0.3) is 0 Å². The number of aliphatic carboxylic acids is 2. The summed E-state index contributed by atoms with van der Waals surface area (Å²) in [7, 11) is 0. The standard InChI is InChI=1S/C29H25F3N4.C2H2O4/c30-29(31,32)23-9-6-10-24(18-23)35-15-13-34(14-16-35)19-21-17-27-28(22-7-2-1-3-8-22)33-25-11-4-5-12-26(25)36(27)20-21;3-1(4)2(5)6/h1-12,17-18,20H,13-16,19H2;(H,3,4)(H,5,6). The smallest absolute Gasteiger partial charge is 0.416 e. The van der Waals surface area contributed by atoms with Crippen LogP contribution in [0, 0.1) is 0 Å². The van der Waals surface area contributed by atoms with E-state index in [1.54, 1.807) is 6.07 Å². The Balaban J connectivity index is 0.000000535. The summed E-state index contributed by atoms with van der Waals surface area (Å²) in [6.07, 6.45) is -2.12. The number of hydrogen-bond acceptors (Lipinski definition) is 5. The van der Waals surface area contributed by atoms with Gasteiger partial charge in [-0.1, -0.05) is 36.4 Å². The third-order valence-corrected chi connectivity index (χ3v) is 7.11. The Morgan fingerprint density at radius 2 is 1.52 bits per heavy atom. The van der Waals surface area contributed by atoms with E-state index in [9.17, 15) is 13.2 Å². The average Bonchev–Trinajstić information content (AvgIpc) is 3.41. The summed E-state index contributed by atoms with van der Waals surface area (Å²) in [5, 5.41) is 16.3. The van der Waals surface area contributed by atoms with Crippen LogP contribution in [0.25, 0.3) is 27.8 Å². The first-order valence-corrected chi connectivity index (χ1v) is 13.2. The van der Waals surface area contributed by atoms with Gasteiger partial charge in [-0.15, -0.1) is 0 Å². The molecule has 1 saturated heterocycles. The van der Waals surface area contributed by atoms with Gasteiger partial charge in [0.15, 0.2) is 5.97 Å². The molecule has 1 fully saturated rings. The molecule has 8 nitrogen and oxygen atoms in total. The third kappa shape index (κ3) is 6.36. The molecule has 6 rings (SSSR count). The van der Waals surface area contributed by atoms with Crippen LogP contribution in [0.2, 0.25) is 0 Å². The fraction of sp³-hybridized carbons (Fsp3) is 0.194. The number of nitrogens with zero attached hydrogens (tertiary/aromatic N) is 3. The molecule has 3 heterocycles. The number of aromatic nitrogens is 2. The number of piperazine rings is 1. The number of nitrogens with one attached hydrogen (secondary N) is 1. The molecule has 0 aliphatic carbocycles. The molecule has 216 valence electrons. The molecule has 2 N–H and O–H groups in total. The van der Waals surface area contributed by atoms with Crippen molar-refractivity contribution in [1.29, 1.82) is 0 Å². The first-order chi connectivity index (χ1) is 20.1. The second-order valence-electron chi connectivity index (χ2n) is 9.89. The summed E-state index contributed by atoms with van der Waals surface area (Å²) in [5.41, 5.74) is 6.77. The number of halogens is 3. The first kappa shape index (κ1) is 28.6. The molecule has 0 spiro atoms. The summed E-state index contributed by atoms with van der Waals surface area (Å²) in [5.74, 6) is -4.01. The minimum Gasteiger partial charge on any atom is -0.539 e. The Hall–Kier alpha value is -4.90. The van der Waals surface area contributed by atoms with Crippen molar-refractivity contribution in [3.05, 3.63) is 102 Å². The number of aromatic amines is 1. The molecule has 0 unspecified atom stereocenters. The number of anilines is 1. The fourth-order valence-electron chi connectivity index (χ4n) is 5.11. The van der Waals surface area contributed by atoms with Crippen LogP contribution in [0.15, 0.2) is 91.1 Å². The molecule has 0 bridgehead atoms. The lowest BCUT2D eigenvalue weighted by atomic mass is 10.1. The second kappa shape index (κ2) is 11.9. The Bertz CT molecular complexity index is 1720. The summed E-state index contributed by atoms with van der Waals surface area (Å²) in [6.45, 7) is 3.77. The third-order valence-electron chi connectivity index (χ3n) is 7.11. The molecule has 0 radical (unpaired) electrons. The second-order valence-corrected chi connectivity index (χ2v) is 9.89. The molecule has 11 heteroatoms. The molecule has 1 aliphatic rings. The zero-order chi connectivity index (χ0) is 29.9. The lowest BCUT2D eigenvalue weighted by Crippen LogP contribution is -2.46. The van der Waals surface area contributed by atoms with Crippen molar-refractivity contribution in [2.24, 2.45) is 0 Å². The van der Waals surface area contributed by atoms with Gasteiger partial charge in [-0.25, -0.2) is 9.78 Å². The van der Waals surface area contributed by atoms with E-state index in [0.29, 0.717) is 18.8 Å². The van der Waals surface area contributed by atoms with E-state index in [2.05, 4.69) is 50.8 Å². The van der Waals surface area contributed by atoms with E-state index < -0.39 is 23.7 Å². The molecular formula is C31H27F3N4O4. The van der Waals surface area contributed by atoms with Crippen molar-refractivity contribution in [2.45, 2.75) is 12.7 Å². The highest BCUT2D eigenvalue weighted by Gasteiger charge is 2.31. The van der Waals surface area contributed by atoms with Gasteiger partial charge in [0.2, 0.25) is 11.2 Å². The van der Waals surface area contributed by atoms with Gasteiger partial charge in [0.05, 0.1) is 5.56 Å². The zero-order valence-electron chi connectivity index (χ0n) is 22.3. The van der Waals surface area contributed by atoms with Crippen molar-refractivity contribution in [1.82, 2.24) is 9.30 Å². The van der Waals surface area contributed by atoms with Crippen LogP contribution in [0.3, 0.4) is 0 Å². The molecule has 5 aromatic rings. The topological polar surface area (TPSA) is 102 Å². The maximum Gasteiger partial charge on any atom is 0.416 e. The number of carboxylic acids is 2. The summed E-state index contributed by atoms with van der Waals surface area (Å²) >= 11 is 0. The van der Waals surface area contributed by atoms with Crippen molar-refractivity contribution in [3.63, 3.8) is 0 Å². The van der Waals surface area contributed by atoms with E-state index in [-0.39, 0.29) is 0 Å². The van der Waals surface area contributed by atoms with Crippen LogP contribution in [0.5, 0.6) is 0 Å². The van der Waals surface area contributed by atoms with Crippen LogP contribution >= 0.6 is 0 Å². The molecule has 0 saturated carbocycles. The number of benzene rings is 3. The van der Waals surface area contributed by atoms with Crippen LogP contribution in [0.4, 0.5) is 18.9 Å². The lowest BCUT2D eigenvalue weighted by Gasteiger charge is -2.36. The Labute approximate surface area is 238 Å². The average molecular weight is 577 g/mol. The molecule has 2 aromatic heterocycles. The maximum atomic E-state index is 13.1. The minimum absolute atomic E-state index is 0.596. The van der Waals surface area contributed by atoms with Crippen molar-refractivity contribution in [2.75, 3.05) is 31.1 Å². The molecule has 1 aliphatic heterocycles. The first-order valence-electron chi connectivity index (χ1n) is 13.2. The predicted molar refractivity (Wildman–Crippen MR) is 148 cm³/mol.